The molecule has 0 aromatic heterocycles. The molecule has 0 unspecified atom stereocenters. The summed E-state index contributed by atoms with van der Waals surface area (Å²) in [6.45, 7) is 10.5. The van der Waals surface area contributed by atoms with E-state index in [9.17, 15) is 0 Å². The molecule has 1 aliphatic carbocycles. The Morgan fingerprint density at radius 3 is 2.14 bits per heavy atom. The van der Waals surface area contributed by atoms with E-state index in [0.29, 0.717) is 5.41 Å². The van der Waals surface area contributed by atoms with Gasteiger partial charge in [0.1, 0.15) is 0 Å². The highest BCUT2D eigenvalue weighted by atomic mass is 14.9. The van der Waals surface area contributed by atoms with Crippen molar-refractivity contribution in [2.75, 3.05) is 6.54 Å². The van der Waals surface area contributed by atoms with Crippen LogP contribution in [0.25, 0.3) is 0 Å². The highest BCUT2D eigenvalue weighted by Gasteiger charge is 2.18. The lowest BCUT2D eigenvalue weighted by molar-refractivity contribution is 0.288. The summed E-state index contributed by atoms with van der Waals surface area (Å²) in [7, 11) is 0. The van der Waals surface area contributed by atoms with Gasteiger partial charge in [0.15, 0.2) is 0 Å². The van der Waals surface area contributed by atoms with Gasteiger partial charge in [0.25, 0.3) is 0 Å². The van der Waals surface area contributed by atoms with E-state index in [4.69, 9.17) is 0 Å². The van der Waals surface area contributed by atoms with Crippen LogP contribution in [0.5, 0.6) is 0 Å². The molecule has 0 radical (unpaired) electrons. The molecule has 1 nitrogen and oxygen atoms in total. The molecule has 0 aromatic carbocycles. The molecule has 1 rings (SSSR count). The minimum absolute atomic E-state index is 0.481. The van der Waals surface area contributed by atoms with Gasteiger partial charge in [0.2, 0.25) is 0 Å². The van der Waals surface area contributed by atoms with E-state index >= 15 is 0 Å². The summed E-state index contributed by atoms with van der Waals surface area (Å²) in [6.07, 6.45) is 6.93. The Balaban J connectivity index is 2.08. The molecule has 84 valence electrons. The highest BCUT2D eigenvalue weighted by Crippen LogP contribution is 2.24. The van der Waals surface area contributed by atoms with Crippen LogP contribution in [0.4, 0.5) is 0 Å². The van der Waals surface area contributed by atoms with Gasteiger partial charge in [-0.2, -0.15) is 0 Å². The van der Waals surface area contributed by atoms with Crippen molar-refractivity contribution in [1.29, 1.82) is 0 Å². The van der Waals surface area contributed by atoms with Crippen LogP contribution in [0, 0.1) is 11.3 Å². The van der Waals surface area contributed by atoms with Crippen molar-refractivity contribution in [3.05, 3.63) is 0 Å². The fourth-order valence-electron chi connectivity index (χ4n) is 2.12. The second-order valence-electron chi connectivity index (χ2n) is 6.22. The van der Waals surface area contributed by atoms with E-state index in [1.165, 1.54) is 38.6 Å². The van der Waals surface area contributed by atoms with Gasteiger partial charge < -0.3 is 5.32 Å². The zero-order valence-electron chi connectivity index (χ0n) is 10.4. The Morgan fingerprint density at radius 1 is 1.07 bits per heavy atom. The van der Waals surface area contributed by atoms with Crippen LogP contribution in [0.15, 0.2) is 0 Å². The van der Waals surface area contributed by atoms with Crippen LogP contribution in [0.2, 0.25) is 0 Å². The van der Waals surface area contributed by atoms with Crippen LogP contribution < -0.4 is 5.32 Å². The van der Waals surface area contributed by atoms with Crippen molar-refractivity contribution in [2.45, 2.75) is 65.8 Å². The van der Waals surface area contributed by atoms with Crippen LogP contribution >= 0.6 is 0 Å². The summed E-state index contributed by atoms with van der Waals surface area (Å²) < 4.78 is 0. The molecule has 0 bridgehead atoms. The summed E-state index contributed by atoms with van der Waals surface area (Å²) in [4.78, 5) is 0. The topological polar surface area (TPSA) is 12.0 Å². The maximum absolute atomic E-state index is 3.70. The molecule has 0 heterocycles. The molecule has 1 heteroatoms. The third kappa shape index (κ3) is 4.99. The number of rotatable bonds is 3. The van der Waals surface area contributed by atoms with E-state index in [2.05, 4.69) is 33.0 Å². The number of nitrogens with one attached hydrogen (secondary N) is 1. The Labute approximate surface area is 89.7 Å². The van der Waals surface area contributed by atoms with Crippen molar-refractivity contribution >= 4 is 0 Å². The smallest absolute Gasteiger partial charge is 0.00672 e. The molecular formula is C13H27N. The second kappa shape index (κ2) is 5.16. The van der Waals surface area contributed by atoms with Crippen LogP contribution in [0.1, 0.15) is 59.8 Å². The summed E-state index contributed by atoms with van der Waals surface area (Å²) in [5.41, 5.74) is 0.481. The predicted octanol–water partition coefficient (Wildman–Crippen LogP) is 3.59. The first-order valence-corrected chi connectivity index (χ1v) is 6.21. The van der Waals surface area contributed by atoms with Crippen molar-refractivity contribution in [1.82, 2.24) is 5.32 Å². The van der Waals surface area contributed by atoms with Crippen LogP contribution in [-0.4, -0.2) is 12.6 Å². The van der Waals surface area contributed by atoms with Gasteiger partial charge in [0, 0.05) is 6.04 Å². The molecule has 0 saturated heterocycles. The standard InChI is InChI=1S/C13H27N/c1-11-5-7-12(8-6-11)14-10-9-13(2,3)4/h11-12,14H,5-10H2,1-4H3. The van der Waals surface area contributed by atoms with Gasteiger partial charge in [-0.05, 0) is 50.0 Å². The van der Waals surface area contributed by atoms with Crippen molar-refractivity contribution in [3.8, 4) is 0 Å². The normalized spacial score (nSPS) is 29.1. The first-order chi connectivity index (χ1) is 6.47. The summed E-state index contributed by atoms with van der Waals surface area (Å²) in [5, 5.41) is 3.70. The molecular weight excluding hydrogens is 170 g/mol. The van der Waals surface area contributed by atoms with Crippen molar-refractivity contribution in [2.24, 2.45) is 11.3 Å². The number of hydrogen-bond acceptors (Lipinski definition) is 1. The van der Waals surface area contributed by atoms with E-state index in [0.717, 1.165) is 12.0 Å². The molecule has 1 aliphatic rings. The fourth-order valence-corrected chi connectivity index (χ4v) is 2.12. The lowest BCUT2D eigenvalue weighted by Gasteiger charge is -2.28. The van der Waals surface area contributed by atoms with Crippen molar-refractivity contribution < 1.29 is 0 Å². The Hall–Kier alpha value is -0.0400. The highest BCUT2D eigenvalue weighted by molar-refractivity contribution is 4.76. The summed E-state index contributed by atoms with van der Waals surface area (Å²) >= 11 is 0. The average molecular weight is 197 g/mol. The van der Waals surface area contributed by atoms with E-state index in [1.54, 1.807) is 0 Å². The third-order valence-electron chi connectivity index (χ3n) is 3.32. The SMILES string of the molecule is CC1CCC(NCCC(C)(C)C)CC1. The molecule has 1 N–H and O–H groups in total. The average Bonchev–Trinajstić information content (AvgIpc) is 2.06. The Kier molecular flexibility index (Phi) is 4.43. The minimum Gasteiger partial charge on any atom is -0.314 e. The molecule has 0 spiro atoms. The van der Waals surface area contributed by atoms with Gasteiger partial charge in [0.05, 0.1) is 0 Å². The van der Waals surface area contributed by atoms with Crippen LogP contribution in [-0.2, 0) is 0 Å². The van der Waals surface area contributed by atoms with Gasteiger partial charge in [-0.3, -0.25) is 0 Å². The first kappa shape index (κ1) is 12.0. The van der Waals surface area contributed by atoms with Gasteiger partial charge in [-0.15, -0.1) is 0 Å². The van der Waals surface area contributed by atoms with E-state index < -0.39 is 0 Å². The summed E-state index contributed by atoms with van der Waals surface area (Å²) in [5.74, 6) is 0.968. The zero-order valence-corrected chi connectivity index (χ0v) is 10.4. The molecule has 14 heavy (non-hydrogen) atoms. The maximum atomic E-state index is 3.70. The van der Waals surface area contributed by atoms with E-state index in [1.807, 2.05) is 0 Å². The second-order valence-corrected chi connectivity index (χ2v) is 6.22. The Bertz CT molecular complexity index is 149. The van der Waals surface area contributed by atoms with Crippen LogP contribution in [0.3, 0.4) is 0 Å². The molecule has 1 fully saturated rings. The first-order valence-electron chi connectivity index (χ1n) is 6.21. The minimum atomic E-state index is 0.481. The lowest BCUT2D eigenvalue weighted by atomic mass is 9.87. The van der Waals surface area contributed by atoms with Gasteiger partial charge >= 0.3 is 0 Å². The third-order valence-corrected chi connectivity index (χ3v) is 3.32. The van der Waals surface area contributed by atoms with Gasteiger partial charge in [-0.25, -0.2) is 0 Å². The Morgan fingerprint density at radius 2 is 1.64 bits per heavy atom. The summed E-state index contributed by atoms with van der Waals surface area (Å²) in [6, 6.07) is 0.813. The van der Waals surface area contributed by atoms with Gasteiger partial charge in [-0.1, -0.05) is 27.7 Å². The molecule has 0 amide bonds. The predicted molar refractivity (Wildman–Crippen MR) is 63.5 cm³/mol. The lowest BCUT2D eigenvalue weighted by Crippen LogP contribution is -2.34. The quantitative estimate of drug-likeness (QED) is 0.729. The monoisotopic (exact) mass is 197 g/mol. The fraction of sp³-hybridized carbons (Fsp3) is 1.00. The van der Waals surface area contributed by atoms with Crippen molar-refractivity contribution in [3.63, 3.8) is 0 Å². The zero-order chi connectivity index (χ0) is 10.6. The number of hydrogen-bond donors (Lipinski definition) is 1. The molecule has 0 aliphatic heterocycles. The molecule has 0 aromatic rings. The molecule has 1 saturated carbocycles. The maximum Gasteiger partial charge on any atom is 0.00672 e. The largest absolute Gasteiger partial charge is 0.314 e. The van der Waals surface area contributed by atoms with E-state index in [-0.39, 0.29) is 0 Å². The molecule has 0 atom stereocenters.